The number of allylic oxidation sites excluding steroid dienone is 1. The topological polar surface area (TPSA) is 35.7 Å². The Balaban J connectivity index is 2.21. The summed E-state index contributed by atoms with van der Waals surface area (Å²) >= 11 is 0. The molecule has 1 radical (unpaired) electrons. The summed E-state index contributed by atoms with van der Waals surface area (Å²) in [6.07, 6.45) is 1.78. The second kappa shape index (κ2) is 4.17. The molecule has 0 spiro atoms. The van der Waals surface area contributed by atoms with Crippen LogP contribution in [0.4, 0.5) is 0 Å². The first-order valence-electron chi connectivity index (χ1n) is 4.99. The number of hydrogen-bond donors (Lipinski definition) is 0. The van der Waals surface area contributed by atoms with Gasteiger partial charge < -0.3 is 4.74 Å². The fourth-order valence-corrected chi connectivity index (χ4v) is 1.50. The Morgan fingerprint density at radius 3 is 2.47 bits per heavy atom. The molecule has 0 aromatic heterocycles. The fourth-order valence-electron chi connectivity index (χ4n) is 1.50. The lowest BCUT2D eigenvalue weighted by atomic mass is 10.0. The first-order chi connectivity index (χ1) is 7.31. The minimum atomic E-state index is 0.692. The van der Waals surface area contributed by atoms with Gasteiger partial charge in [-0.25, -0.2) is 0 Å². The van der Waals surface area contributed by atoms with Crippen molar-refractivity contribution >= 4 is 11.3 Å². The molecule has 77 valence electrons. The van der Waals surface area contributed by atoms with Crippen molar-refractivity contribution in [3.63, 3.8) is 0 Å². The van der Waals surface area contributed by atoms with Gasteiger partial charge in [-0.2, -0.15) is 10.5 Å². The van der Waals surface area contributed by atoms with Crippen LogP contribution in [0, 0.1) is 0 Å². The highest BCUT2D eigenvalue weighted by molar-refractivity contribution is 6.23. The molecular formula is C12H13N2O. The fraction of sp³-hybridized carbons (Fsp3) is 0.250. The van der Waals surface area contributed by atoms with E-state index in [2.05, 4.69) is 10.5 Å². The Labute approximate surface area is 89.5 Å². The molecule has 15 heavy (non-hydrogen) atoms. The molecular weight excluding hydrogens is 188 g/mol. The van der Waals surface area contributed by atoms with Crippen molar-refractivity contribution in [1.82, 2.24) is 5.43 Å². The molecule has 1 aromatic rings. The summed E-state index contributed by atoms with van der Waals surface area (Å²) in [4.78, 5) is 0. The molecule has 0 atom stereocenters. The largest absolute Gasteiger partial charge is 0.494 e. The third-order valence-corrected chi connectivity index (χ3v) is 2.26. The smallest absolute Gasteiger partial charge is 0.119 e. The zero-order chi connectivity index (χ0) is 10.7. The number of benzene rings is 1. The van der Waals surface area contributed by atoms with E-state index in [4.69, 9.17) is 4.74 Å². The maximum atomic E-state index is 5.38. The molecule has 1 aromatic carbocycles. The average molecular weight is 201 g/mol. The van der Waals surface area contributed by atoms with E-state index in [9.17, 15) is 0 Å². The predicted molar refractivity (Wildman–Crippen MR) is 60.8 cm³/mol. The van der Waals surface area contributed by atoms with E-state index in [-0.39, 0.29) is 0 Å². The quantitative estimate of drug-likeness (QED) is 0.739. The van der Waals surface area contributed by atoms with Crippen LogP contribution >= 0.6 is 0 Å². The van der Waals surface area contributed by atoms with Gasteiger partial charge in [-0.1, -0.05) is 12.1 Å². The summed E-state index contributed by atoms with van der Waals surface area (Å²) < 4.78 is 5.38. The van der Waals surface area contributed by atoms with Crippen LogP contribution in [-0.2, 0) is 0 Å². The highest BCUT2D eigenvalue weighted by Crippen LogP contribution is 2.21. The Morgan fingerprint density at radius 2 is 1.93 bits per heavy atom. The average Bonchev–Trinajstić information content (AvgIpc) is 2.66. The van der Waals surface area contributed by atoms with Gasteiger partial charge in [0.1, 0.15) is 5.75 Å². The predicted octanol–water partition coefficient (Wildman–Crippen LogP) is 2.42. The van der Waals surface area contributed by atoms with E-state index >= 15 is 0 Å². The van der Waals surface area contributed by atoms with Gasteiger partial charge in [0, 0.05) is 5.57 Å². The summed E-state index contributed by atoms with van der Waals surface area (Å²) in [7, 11) is 0. The molecule has 0 bridgehead atoms. The van der Waals surface area contributed by atoms with E-state index < -0.39 is 0 Å². The molecule has 3 nitrogen and oxygen atoms in total. The number of rotatable bonds is 3. The molecule has 0 amide bonds. The minimum absolute atomic E-state index is 0.692. The zero-order valence-electron chi connectivity index (χ0n) is 8.90. The van der Waals surface area contributed by atoms with E-state index in [0.717, 1.165) is 22.6 Å². The monoisotopic (exact) mass is 201 g/mol. The summed E-state index contributed by atoms with van der Waals surface area (Å²) in [6.45, 7) is 4.62. The van der Waals surface area contributed by atoms with Crippen LogP contribution in [-0.4, -0.2) is 12.3 Å². The lowest BCUT2D eigenvalue weighted by molar-refractivity contribution is 0.340. The molecule has 0 saturated heterocycles. The third kappa shape index (κ3) is 2.01. The van der Waals surface area contributed by atoms with Crippen molar-refractivity contribution < 1.29 is 4.74 Å². The van der Waals surface area contributed by atoms with Gasteiger partial charge in [0.2, 0.25) is 0 Å². The van der Waals surface area contributed by atoms with E-state index in [1.807, 2.05) is 38.1 Å². The Kier molecular flexibility index (Phi) is 2.72. The van der Waals surface area contributed by atoms with Crippen LogP contribution in [0.3, 0.4) is 0 Å². The van der Waals surface area contributed by atoms with Crippen LogP contribution < -0.4 is 10.2 Å². The molecule has 1 aliphatic heterocycles. The highest BCUT2D eigenvalue weighted by Gasteiger charge is 2.10. The Bertz CT molecular complexity index is 404. The zero-order valence-corrected chi connectivity index (χ0v) is 8.90. The molecule has 0 N–H and O–H groups in total. The second-order valence-electron chi connectivity index (χ2n) is 3.30. The van der Waals surface area contributed by atoms with Crippen molar-refractivity contribution in [2.45, 2.75) is 13.8 Å². The molecule has 0 fully saturated rings. The van der Waals surface area contributed by atoms with E-state index in [1.54, 1.807) is 6.20 Å². The molecule has 0 saturated carbocycles. The van der Waals surface area contributed by atoms with Crippen LogP contribution in [0.1, 0.15) is 19.4 Å². The van der Waals surface area contributed by atoms with Crippen molar-refractivity contribution in [3.05, 3.63) is 36.0 Å². The van der Waals surface area contributed by atoms with Crippen LogP contribution in [0.25, 0.3) is 5.57 Å². The van der Waals surface area contributed by atoms with Crippen molar-refractivity contribution in [2.24, 2.45) is 5.10 Å². The summed E-state index contributed by atoms with van der Waals surface area (Å²) in [6, 6.07) is 7.98. The van der Waals surface area contributed by atoms with Crippen molar-refractivity contribution in [1.29, 1.82) is 0 Å². The lowest BCUT2D eigenvalue weighted by Crippen LogP contribution is -1.94. The van der Waals surface area contributed by atoms with Crippen LogP contribution in [0.2, 0.25) is 0 Å². The van der Waals surface area contributed by atoms with Gasteiger partial charge in [-0.15, -0.1) is 0 Å². The molecule has 0 unspecified atom stereocenters. The molecule has 3 heteroatoms. The Morgan fingerprint density at radius 1 is 1.20 bits per heavy atom. The van der Waals surface area contributed by atoms with Crippen LogP contribution in [0.15, 0.2) is 35.6 Å². The van der Waals surface area contributed by atoms with Crippen molar-refractivity contribution in [3.8, 4) is 5.75 Å². The van der Waals surface area contributed by atoms with Gasteiger partial charge in [-0.05, 0) is 31.5 Å². The van der Waals surface area contributed by atoms with Gasteiger partial charge in [-0.3, -0.25) is 0 Å². The van der Waals surface area contributed by atoms with Gasteiger partial charge >= 0.3 is 0 Å². The minimum Gasteiger partial charge on any atom is -0.494 e. The summed E-state index contributed by atoms with van der Waals surface area (Å²) in [5, 5.41) is 3.97. The SMILES string of the molecule is CCOc1ccc(C2=C[N]N=C2C)cc1. The van der Waals surface area contributed by atoms with E-state index in [0.29, 0.717) is 6.61 Å². The first-order valence-corrected chi connectivity index (χ1v) is 4.99. The number of nitrogens with zero attached hydrogens (tertiary/aromatic N) is 2. The number of hydrogen-bond acceptors (Lipinski definition) is 2. The molecule has 1 heterocycles. The van der Waals surface area contributed by atoms with E-state index in [1.165, 1.54) is 0 Å². The first kappa shape index (κ1) is 9.77. The highest BCUT2D eigenvalue weighted by atomic mass is 16.5. The lowest BCUT2D eigenvalue weighted by Gasteiger charge is -2.05. The van der Waals surface area contributed by atoms with Crippen LogP contribution in [0.5, 0.6) is 5.75 Å². The number of ether oxygens (including phenoxy) is 1. The van der Waals surface area contributed by atoms with Gasteiger partial charge in [0.15, 0.2) is 0 Å². The summed E-state index contributed by atoms with van der Waals surface area (Å²) in [5.41, 5.74) is 7.04. The Hall–Kier alpha value is -1.77. The maximum Gasteiger partial charge on any atom is 0.119 e. The maximum absolute atomic E-state index is 5.38. The van der Waals surface area contributed by atoms with Gasteiger partial charge in [0.05, 0.1) is 18.5 Å². The second-order valence-corrected chi connectivity index (χ2v) is 3.30. The third-order valence-electron chi connectivity index (χ3n) is 2.26. The van der Waals surface area contributed by atoms with Gasteiger partial charge in [0.25, 0.3) is 0 Å². The standard InChI is InChI=1S/C12H13N2O/c1-3-15-11-6-4-10(5-7-11)12-8-13-14-9(12)2/h4-8H,3H2,1-2H3. The molecule has 2 rings (SSSR count). The van der Waals surface area contributed by atoms with Crippen molar-refractivity contribution in [2.75, 3.05) is 6.61 Å². The molecule has 1 aliphatic rings. The normalized spacial score (nSPS) is 14.3. The summed E-state index contributed by atoms with van der Waals surface area (Å²) in [5.74, 6) is 0.895. The molecule has 0 aliphatic carbocycles.